The molecule has 2 aliphatic heterocycles. The van der Waals surface area contributed by atoms with Crippen LogP contribution in [0.1, 0.15) is 107 Å². The van der Waals surface area contributed by atoms with Gasteiger partial charge >= 0.3 is 0 Å². The number of amides is 2. The number of carbonyl (C=O) groups excluding carboxylic acids is 2. The molecule has 0 saturated carbocycles. The molecule has 32 heavy (non-hydrogen) atoms. The molecule has 0 atom stereocenters. The normalized spacial score (nSPS) is 25.1. The van der Waals surface area contributed by atoms with Crippen LogP contribution in [0.25, 0.3) is 0 Å². The number of carbonyl (C=O) groups is 2. The largest absolute Gasteiger partial charge is 0.359 e. The number of piperidine rings is 2. The van der Waals surface area contributed by atoms with Crippen molar-refractivity contribution >= 4 is 12.8 Å². The predicted molar refractivity (Wildman–Crippen MR) is 133 cm³/mol. The highest BCUT2D eigenvalue weighted by atomic mass is 16.1. The van der Waals surface area contributed by atoms with Crippen molar-refractivity contribution in [1.29, 1.82) is 0 Å². The molecule has 2 amide bonds. The van der Waals surface area contributed by atoms with Crippen molar-refractivity contribution in [3.05, 3.63) is 0 Å². The number of unbranched alkanes of at least 4 members (excludes halogenated alkanes) is 2. The molecule has 2 saturated heterocycles. The van der Waals surface area contributed by atoms with Crippen molar-refractivity contribution in [3.8, 4) is 0 Å². The Morgan fingerprint density at radius 3 is 1.53 bits per heavy atom. The molecule has 0 aromatic rings. The Balaban J connectivity index is 2.40. The maximum atomic E-state index is 12.1. The van der Waals surface area contributed by atoms with Crippen molar-refractivity contribution in [1.82, 2.24) is 21.3 Å². The van der Waals surface area contributed by atoms with E-state index in [0.29, 0.717) is 11.8 Å². The molecule has 2 heterocycles. The summed E-state index contributed by atoms with van der Waals surface area (Å²) in [6.07, 6.45) is 10.0. The Bertz CT molecular complexity index is 572. The van der Waals surface area contributed by atoms with Gasteiger partial charge in [0.1, 0.15) is 0 Å². The lowest BCUT2D eigenvalue weighted by Crippen LogP contribution is -2.69. The van der Waals surface area contributed by atoms with Gasteiger partial charge in [0.05, 0.1) is 0 Å². The van der Waals surface area contributed by atoms with Crippen LogP contribution in [0.5, 0.6) is 0 Å². The average molecular weight is 451 g/mol. The van der Waals surface area contributed by atoms with Gasteiger partial charge in [-0.05, 0) is 106 Å². The Kier molecular flexibility index (Phi) is 8.47. The lowest BCUT2D eigenvalue weighted by Gasteiger charge is -2.59. The van der Waals surface area contributed by atoms with Gasteiger partial charge in [0.15, 0.2) is 0 Å². The molecule has 2 fully saturated rings. The van der Waals surface area contributed by atoms with E-state index in [0.717, 1.165) is 70.7 Å². The van der Waals surface area contributed by atoms with Crippen molar-refractivity contribution in [2.24, 2.45) is 11.8 Å². The quantitative estimate of drug-likeness (QED) is 0.284. The summed E-state index contributed by atoms with van der Waals surface area (Å²) in [4.78, 5) is 22.7. The highest BCUT2D eigenvalue weighted by Gasteiger charge is 2.54. The fourth-order valence-electron chi connectivity index (χ4n) is 7.41. The molecule has 2 aliphatic rings. The summed E-state index contributed by atoms with van der Waals surface area (Å²) in [5, 5.41) is 13.9. The second kappa shape index (κ2) is 10.0. The molecule has 0 aliphatic carbocycles. The van der Waals surface area contributed by atoms with Crippen LogP contribution in [0.15, 0.2) is 0 Å². The molecule has 6 nitrogen and oxygen atoms in total. The molecule has 0 unspecified atom stereocenters. The van der Waals surface area contributed by atoms with Crippen LogP contribution >= 0.6 is 0 Å². The third kappa shape index (κ3) is 7.18. The summed E-state index contributed by atoms with van der Waals surface area (Å²) in [6.45, 7) is 19.1. The van der Waals surface area contributed by atoms with Crippen LogP contribution in [0.2, 0.25) is 0 Å². The van der Waals surface area contributed by atoms with Crippen LogP contribution in [-0.2, 0) is 9.59 Å². The zero-order valence-electron chi connectivity index (χ0n) is 22.0. The molecule has 4 N–H and O–H groups in total. The van der Waals surface area contributed by atoms with E-state index in [1.807, 2.05) is 0 Å². The Morgan fingerprint density at radius 1 is 0.719 bits per heavy atom. The Morgan fingerprint density at radius 2 is 1.16 bits per heavy atom. The first-order valence-corrected chi connectivity index (χ1v) is 12.6. The van der Waals surface area contributed by atoms with Gasteiger partial charge < -0.3 is 21.3 Å². The summed E-state index contributed by atoms with van der Waals surface area (Å²) in [7, 11) is 0. The minimum atomic E-state index is -0.229. The first kappa shape index (κ1) is 27.1. The molecule has 0 spiro atoms. The summed E-state index contributed by atoms with van der Waals surface area (Å²) >= 11 is 0. The van der Waals surface area contributed by atoms with E-state index < -0.39 is 0 Å². The standard InChI is InChI=1S/C26H50N4O2/c1-22(2)14-20(15-23(3,4)29-22)26(28-19-32,12-10-9-11-13-27-18-31)21-16-24(5,6)30-25(7,8)17-21/h18-21,29-30H,9-17H2,1-8H3,(H,27,31)(H,28,32). The average Bonchev–Trinajstić information content (AvgIpc) is 2.58. The first-order valence-electron chi connectivity index (χ1n) is 12.6. The van der Waals surface area contributed by atoms with Gasteiger partial charge in [-0.25, -0.2) is 0 Å². The maximum Gasteiger partial charge on any atom is 0.207 e. The van der Waals surface area contributed by atoms with Gasteiger partial charge in [-0.2, -0.15) is 0 Å². The highest BCUT2D eigenvalue weighted by molar-refractivity contribution is 5.48. The number of nitrogens with one attached hydrogen (secondary N) is 4. The van der Waals surface area contributed by atoms with E-state index >= 15 is 0 Å². The van der Waals surface area contributed by atoms with Crippen LogP contribution < -0.4 is 21.3 Å². The summed E-state index contributed by atoms with van der Waals surface area (Å²) in [6, 6.07) is 0. The summed E-state index contributed by atoms with van der Waals surface area (Å²) < 4.78 is 0. The lowest BCUT2D eigenvalue weighted by atomic mass is 9.57. The second-order valence-corrected chi connectivity index (χ2v) is 13.2. The number of hydrogen-bond acceptors (Lipinski definition) is 4. The number of hydrogen-bond donors (Lipinski definition) is 4. The molecule has 186 valence electrons. The fraction of sp³-hybridized carbons (Fsp3) is 0.923. The number of rotatable bonds is 11. The van der Waals surface area contributed by atoms with Crippen molar-refractivity contribution < 1.29 is 9.59 Å². The zero-order chi connectivity index (χ0) is 24.3. The van der Waals surface area contributed by atoms with Crippen LogP contribution in [0.3, 0.4) is 0 Å². The van der Waals surface area contributed by atoms with Gasteiger partial charge in [0.2, 0.25) is 12.8 Å². The molecular formula is C26H50N4O2. The molecule has 0 radical (unpaired) electrons. The monoisotopic (exact) mass is 450 g/mol. The molecule has 0 aromatic heterocycles. The molecule has 0 aromatic carbocycles. The zero-order valence-corrected chi connectivity index (χ0v) is 22.0. The third-order valence-corrected chi connectivity index (χ3v) is 7.66. The van der Waals surface area contributed by atoms with Crippen molar-refractivity contribution in [3.63, 3.8) is 0 Å². The van der Waals surface area contributed by atoms with E-state index in [9.17, 15) is 9.59 Å². The van der Waals surface area contributed by atoms with Crippen LogP contribution in [0, 0.1) is 11.8 Å². The van der Waals surface area contributed by atoms with Crippen molar-refractivity contribution in [2.75, 3.05) is 6.54 Å². The molecule has 6 heteroatoms. The van der Waals surface area contributed by atoms with Gasteiger partial charge in [0, 0.05) is 34.2 Å². The molecule has 2 rings (SSSR count). The smallest absolute Gasteiger partial charge is 0.207 e. The molecular weight excluding hydrogens is 400 g/mol. The minimum absolute atomic E-state index is 0.0219. The van der Waals surface area contributed by atoms with Gasteiger partial charge in [-0.15, -0.1) is 0 Å². The Labute approximate surface area is 196 Å². The summed E-state index contributed by atoms with van der Waals surface area (Å²) in [5.74, 6) is 0.809. The minimum Gasteiger partial charge on any atom is -0.359 e. The van der Waals surface area contributed by atoms with E-state index in [1.165, 1.54) is 0 Å². The van der Waals surface area contributed by atoms with Gasteiger partial charge in [0.25, 0.3) is 0 Å². The summed E-state index contributed by atoms with van der Waals surface area (Å²) in [5.41, 5.74) is -0.141. The van der Waals surface area contributed by atoms with E-state index in [-0.39, 0.29) is 27.7 Å². The maximum absolute atomic E-state index is 12.1. The van der Waals surface area contributed by atoms with E-state index in [1.54, 1.807) is 0 Å². The van der Waals surface area contributed by atoms with E-state index in [4.69, 9.17) is 0 Å². The molecule has 0 bridgehead atoms. The predicted octanol–water partition coefficient (Wildman–Crippen LogP) is 3.89. The van der Waals surface area contributed by atoms with Gasteiger partial charge in [-0.1, -0.05) is 12.8 Å². The van der Waals surface area contributed by atoms with Crippen molar-refractivity contribution in [2.45, 2.75) is 134 Å². The van der Waals surface area contributed by atoms with E-state index in [2.05, 4.69) is 76.7 Å². The lowest BCUT2D eigenvalue weighted by molar-refractivity contribution is -0.115. The first-order chi connectivity index (χ1) is 14.7. The van der Waals surface area contributed by atoms with Crippen LogP contribution in [-0.4, -0.2) is 47.1 Å². The topological polar surface area (TPSA) is 82.3 Å². The Hall–Kier alpha value is -1.14. The second-order valence-electron chi connectivity index (χ2n) is 13.2. The van der Waals surface area contributed by atoms with Crippen LogP contribution in [0.4, 0.5) is 0 Å². The highest BCUT2D eigenvalue weighted by Crippen LogP contribution is 2.49. The fourth-order valence-corrected chi connectivity index (χ4v) is 7.41. The van der Waals surface area contributed by atoms with Gasteiger partial charge in [-0.3, -0.25) is 9.59 Å². The SMILES string of the molecule is CC1(C)CC(C(CCCCCNC=O)(NC=O)C2CC(C)(C)NC(C)(C)C2)CC(C)(C)N1. The third-order valence-electron chi connectivity index (χ3n) is 7.66.